The van der Waals surface area contributed by atoms with Crippen LogP contribution in [-0.4, -0.2) is 35.4 Å². The Balaban J connectivity index is 1.38. The number of hydrogen-bond acceptors (Lipinski definition) is 4. The Morgan fingerprint density at radius 1 is 1.31 bits per heavy atom. The first-order chi connectivity index (χ1) is 14.0. The molecule has 2 aromatic rings. The van der Waals surface area contributed by atoms with E-state index in [-0.39, 0.29) is 24.3 Å². The van der Waals surface area contributed by atoms with Gasteiger partial charge in [0.05, 0.1) is 18.6 Å². The molecule has 2 amide bonds. The number of nitrogens with zero attached hydrogens (tertiary/aromatic N) is 2. The van der Waals surface area contributed by atoms with Gasteiger partial charge >= 0.3 is 0 Å². The molecule has 0 radical (unpaired) electrons. The average molecular weight is 414 g/mol. The van der Waals surface area contributed by atoms with E-state index >= 15 is 0 Å². The van der Waals surface area contributed by atoms with Gasteiger partial charge in [0, 0.05) is 37.3 Å². The molecule has 1 N–H and O–H groups in total. The topological polar surface area (TPSA) is 71.5 Å². The fourth-order valence-corrected chi connectivity index (χ4v) is 3.86. The minimum Gasteiger partial charge on any atom is -0.477 e. The predicted octanol–water partition coefficient (Wildman–Crippen LogP) is 3.36. The highest BCUT2D eigenvalue weighted by atomic mass is 35.5. The maximum atomic E-state index is 12.9. The Bertz CT molecular complexity index is 898. The molecule has 1 saturated carbocycles. The highest BCUT2D eigenvalue weighted by Crippen LogP contribution is 2.37. The zero-order valence-corrected chi connectivity index (χ0v) is 17.1. The fraction of sp³-hybridized carbons (Fsp3) is 0.409. The second-order valence-corrected chi connectivity index (χ2v) is 8.23. The maximum absolute atomic E-state index is 12.9. The van der Waals surface area contributed by atoms with E-state index in [4.69, 9.17) is 16.3 Å². The molecule has 152 valence electrons. The maximum Gasteiger partial charge on any atom is 0.226 e. The molecule has 1 aliphatic carbocycles. The quantitative estimate of drug-likeness (QED) is 0.755. The van der Waals surface area contributed by atoms with Crippen molar-refractivity contribution in [2.75, 3.05) is 13.7 Å². The summed E-state index contributed by atoms with van der Waals surface area (Å²) in [5.41, 5.74) is 1.75. The van der Waals surface area contributed by atoms with E-state index in [0.717, 1.165) is 17.7 Å². The lowest BCUT2D eigenvalue weighted by molar-refractivity contribution is -0.128. The van der Waals surface area contributed by atoms with Gasteiger partial charge in [0.15, 0.2) is 0 Å². The van der Waals surface area contributed by atoms with Gasteiger partial charge in [0.1, 0.15) is 0 Å². The van der Waals surface area contributed by atoms with Gasteiger partial charge < -0.3 is 15.0 Å². The first-order valence-corrected chi connectivity index (χ1v) is 10.3. The molecule has 0 spiro atoms. The van der Waals surface area contributed by atoms with E-state index in [1.54, 1.807) is 24.2 Å². The van der Waals surface area contributed by atoms with Crippen LogP contribution in [0.15, 0.2) is 42.6 Å². The van der Waals surface area contributed by atoms with Crippen molar-refractivity contribution in [3.8, 4) is 5.88 Å². The van der Waals surface area contributed by atoms with Crippen LogP contribution in [0.2, 0.25) is 5.02 Å². The lowest BCUT2D eigenvalue weighted by Gasteiger charge is -2.25. The molecule has 29 heavy (non-hydrogen) atoms. The number of carbonyl (C=O) groups excluding carboxylic acids is 2. The van der Waals surface area contributed by atoms with Gasteiger partial charge in [-0.2, -0.15) is 0 Å². The Morgan fingerprint density at radius 3 is 2.83 bits per heavy atom. The van der Waals surface area contributed by atoms with Crippen molar-refractivity contribution in [1.82, 2.24) is 15.2 Å². The van der Waals surface area contributed by atoms with Crippen molar-refractivity contribution in [2.24, 2.45) is 11.8 Å². The van der Waals surface area contributed by atoms with Gasteiger partial charge in [-0.25, -0.2) is 4.98 Å². The molecular formula is C22H24ClN3O3. The molecule has 6 nitrogen and oxygen atoms in total. The molecule has 7 heteroatoms. The Morgan fingerprint density at radius 2 is 2.14 bits per heavy atom. The van der Waals surface area contributed by atoms with E-state index in [1.165, 1.54) is 12.8 Å². The number of nitrogens with one attached hydrogen (secondary N) is 1. The van der Waals surface area contributed by atoms with Crippen LogP contribution in [0.25, 0.3) is 0 Å². The number of pyridine rings is 1. The lowest BCUT2D eigenvalue weighted by Crippen LogP contribution is -2.34. The Kier molecular flexibility index (Phi) is 5.72. The molecule has 1 aromatic heterocycles. The number of benzene rings is 1. The average Bonchev–Trinajstić information content (AvgIpc) is 3.50. The Hall–Kier alpha value is -2.60. The van der Waals surface area contributed by atoms with Crippen LogP contribution in [0, 0.1) is 11.8 Å². The standard InChI is InChI=1S/C22H24ClN3O3/c1-26-20(27)10-18(21(26)16-3-2-4-17(23)9-16)22(28)25-12-15-7-8-19(24-11-15)29-13-14-5-6-14/h2-4,7-9,11,14,18,21H,5-6,10,12-13H2,1H3,(H,25,28). The van der Waals surface area contributed by atoms with E-state index in [1.807, 2.05) is 30.3 Å². The van der Waals surface area contributed by atoms with Crippen molar-refractivity contribution >= 4 is 23.4 Å². The molecule has 2 aliphatic rings. The number of rotatable bonds is 7. The number of halogens is 1. The summed E-state index contributed by atoms with van der Waals surface area (Å²) in [6.07, 6.45) is 4.37. The predicted molar refractivity (Wildman–Crippen MR) is 109 cm³/mol. The van der Waals surface area contributed by atoms with Crippen molar-refractivity contribution in [1.29, 1.82) is 0 Å². The van der Waals surface area contributed by atoms with Gasteiger partial charge in [0.25, 0.3) is 0 Å². The summed E-state index contributed by atoms with van der Waals surface area (Å²) in [4.78, 5) is 31.1. The second-order valence-electron chi connectivity index (χ2n) is 7.79. The highest BCUT2D eigenvalue weighted by Gasteiger charge is 2.42. The van der Waals surface area contributed by atoms with Gasteiger partial charge in [-0.15, -0.1) is 0 Å². The lowest BCUT2D eigenvalue weighted by atomic mass is 9.93. The van der Waals surface area contributed by atoms with Gasteiger partial charge in [-0.3, -0.25) is 9.59 Å². The van der Waals surface area contributed by atoms with E-state index in [2.05, 4.69) is 10.3 Å². The molecule has 1 aliphatic heterocycles. The smallest absolute Gasteiger partial charge is 0.226 e. The summed E-state index contributed by atoms with van der Waals surface area (Å²) in [5, 5.41) is 3.53. The summed E-state index contributed by atoms with van der Waals surface area (Å²) in [7, 11) is 1.73. The van der Waals surface area contributed by atoms with Crippen LogP contribution in [0.5, 0.6) is 5.88 Å². The molecule has 2 heterocycles. The van der Waals surface area contributed by atoms with Crippen molar-refractivity contribution in [2.45, 2.75) is 31.8 Å². The summed E-state index contributed by atoms with van der Waals surface area (Å²) in [6.45, 7) is 1.07. The van der Waals surface area contributed by atoms with E-state index in [9.17, 15) is 9.59 Å². The molecule has 4 rings (SSSR count). The zero-order chi connectivity index (χ0) is 20.4. The van der Waals surface area contributed by atoms with Crippen LogP contribution < -0.4 is 10.1 Å². The van der Waals surface area contributed by atoms with Crippen LogP contribution in [0.3, 0.4) is 0 Å². The van der Waals surface area contributed by atoms with Crippen LogP contribution in [-0.2, 0) is 16.1 Å². The minimum atomic E-state index is -0.458. The first kappa shape index (κ1) is 19.7. The largest absolute Gasteiger partial charge is 0.477 e. The third-order valence-corrected chi connectivity index (χ3v) is 5.78. The van der Waals surface area contributed by atoms with Gasteiger partial charge in [-0.1, -0.05) is 29.8 Å². The zero-order valence-electron chi connectivity index (χ0n) is 16.3. The third kappa shape index (κ3) is 4.70. The van der Waals surface area contributed by atoms with Crippen LogP contribution >= 0.6 is 11.6 Å². The summed E-state index contributed by atoms with van der Waals surface area (Å²) in [5.74, 6) is 0.627. The number of ether oxygens (including phenoxy) is 1. The minimum absolute atomic E-state index is 0.0473. The van der Waals surface area contributed by atoms with Crippen molar-refractivity contribution < 1.29 is 14.3 Å². The van der Waals surface area contributed by atoms with Crippen LogP contribution in [0.1, 0.15) is 36.4 Å². The molecule has 0 bridgehead atoms. The molecular weight excluding hydrogens is 390 g/mol. The third-order valence-electron chi connectivity index (χ3n) is 5.54. The number of aromatic nitrogens is 1. The summed E-state index contributed by atoms with van der Waals surface area (Å²) in [6, 6.07) is 10.7. The molecule has 2 fully saturated rings. The summed E-state index contributed by atoms with van der Waals surface area (Å²) >= 11 is 6.11. The number of hydrogen-bond donors (Lipinski definition) is 1. The van der Waals surface area contributed by atoms with E-state index in [0.29, 0.717) is 23.4 Å². The normalized spacial score (nSPS) is 21.3. The van der Waals surface area contributed by atoms with Crippen molar-refractivity contribution in [3.05, 3.63) is 58.7 Å². The van der Waals surface area contributed by atoms with Crippen molar-refractivity contribution in [3.63, 3.8) is 0 Å². The van der Waals surface area contributed by atoms with E-state index < -0.39 is 5.92 Å². The SMILES string of the molecule is CN1C(=O)CC(C(=O)NCc2ccc(OCC3CC3)nc2)C1c1cccc(Cl)c1. The van der Waals surface area contributed by atoms with Gasteiger partial charge in [-0.05, 0) is 42.0 Å². The highest BCUT2D eigenvalue weighted by molar-refractivity contribution is 6.30. The molecule has 2 unspecified atom stereocenters. The van der Waals surface area contributed by atoms with Gasteiger partial charge in [0.2, 0.25) is 17.7 Å². The molecule has 2 atom stereocenters. The number of likely N-dealkylation sites (tertiary alicyclic amines) is 1. The number of amides is 2. The summed E-state index contributed by atoms with van der Waals surface area (Å²) < 4.78 is 5.64. The van der Waals surface area contributed by atoms with Crippen LogP contribution in [0.4, 0.5) is 0 Å². The first-order valence-electron chi connectivity index (χ1n) is 9.88. The molecule has 1 aromatic carbocycles. The second kappa shape index (κ2) is 8.41. The fourth-order valence-electron chi connectivity index (χ4n) is 3.66. The number of carbonyl (C=O) groups is 2. The molecule has 1 saturated heterocycles. The Labute approximate surface area is 175 Å². The monoisotopic (exact) mass is 413 g/mol.